The van der Waals surface area contributed by atoms with E-state index in [1.54, 1.807) is 12.1 Å². The van der Waals surface area contributed by atoms with Gasteiger partial charge in [0.2, 0.25) is 0 Å². The van der Waals surface area contributed by atoms with Crippen LogP contribution in [0.4, 0.5) is 4.39 Å². The quantitative estimate of drug-likeness (QED) is 0.221. The maximum atomic E-state index is 13.8. The highest BCUT2D eigenvalue weighted by atomic mass is 19.1. The molecule has 5 heteroatoms. The Labute approximate surface area is 197 Å². The van der Waals surface area contributed by atoms with Crippen molar-refractivity contribution in [2.24, 2.45) is 0 Å². The Bertz CT molecular complexity index is 938. The van der Waals surface area contributed by atoms with E-state index in [4.69, 9.17) is 10.3 Å². The number of rotatable bonds is 15. The molecular formula is C28H37FN3O. The minimum atomic E-state index is -0.399. The van der Waals surface area contributed by atoms with Gasteiger partial charge in [0.1, 0.15) is 5.82 Å². The molecule has 33 heavy (non-hydrogen) atoms. The molecule has 0 aliphatic rings. The van der Waals surface area contributed by atoms with Crippen LogP contribution in [0.1, 0.15) is 94.1 Å². The van der Waals surface area contributed by atoms with E-state index in [2.05, 4.69) is 17.1 Å². The molecule has 3 rings (SSSR count). The van der Waals surface area contributed by atoms with E-state index < -0.39 is 6.04 Å². The van der Waals surface area contributed by atoms with Gasteiger partial charge >= 0.3 is 0 Å². The Balaban J connectivity index is 1.39. The molecule has 2 aromatic carbocycles. The van der Waals surface area contributed by atoms with E-state index in [1.807, 2.05) is 30.3 Å². The minimum Gasteiger partial charge on any atom is -0.334 e. The third-order valence-electron chi connectivity index (χ3n) is 6.19. The third-order valence-corrected chi connectivity index (χ3v) is 6.19. The van der Waals surface area contributed by atoms with Crippen LogP contribution in [0.2, 0.25) is 0 Å². The van der Waals surface area contributed by atoms with E-state index in [9.17, 15) is 4.39 Å². The first-order valence-electron chi connectivity index (χ1n) is 12.5. The molecule has 1 unspecified atom stereocenters. The molecule has 0 fully saturated rings. The Morgan fingerprint density at radius 2 is 1.52 bits per heavy atom. The number of hydrogen-bond acceptors (Lipinski definition) is 3. The van der Waals surface area contributed by atoms with Gasteiger partial charge in [-0.1, -0.05) is 93.8 Å². The second-order valence-corrected chi connectivity index (χ2v) is 8.90. The lowest BCUT2D eigenvalue weighted by molar-refractivity contribution is 0.421. The molecule has 4 nitrogen and oxygen atoms in total. The maximum absolute atomic E-state index is 13.8. The Hall–Kier alpha value is -2.53. The smallest absolute Gasteiger partial charge is 0.257 e. The third kappa shape index (κ3) is 8.39. The summed E-state index contributed by atoms with van der Waals surface area (Å²) in [6.07, 6.45) is 13.6. The fourth-order valence-corrected chi connectivity index (χ4v) is 4.09. The minimum absolute atomic E-state index is 0.199. The maximum Gasteiger partial charge on any atom is 0.257 e. The first-order chi connectivity index (χ1) is 16.2. The molecule has 0 spiro atoms. The van der Waals surface area contributed by atoms with Crippen LogP contribution in [0.25, 0.3) is 11.5 Å². The van der Waals surface area contributed by atoms with Crippen molar-refractivity contribution in [3.05, 3.63) is 71.3 Å². The molecule has 0 aliphatic carbocycles. The molecule has 1 aromatic heterocycles. The summed E-state index contributed by atoms with van der Waals surface area (Å²) in [5.41, 5.74) is 10.8. The number of aryl methyl sites for hydroxylation is 2. The van der Waals surface area contributed by atoms with E-state index in [0.717, 1.165) is 29.8 Å². The molecule has 1 N–H and O–H groups in total. The molecular weight excluding hydrogens is 413 g/mol. The van der Waals surface area contributed by atoms with Crippen LogP contribution >= 0.6 is 0 Å². The number of aromatic nitrogens is 2. The summed E-state index contributed by atoms with van der Waals surface area (Å²) in [6.45, 7) is 2.25. The number of halogens is 1. The van der Waals surface area contributed by atoms with Crippen molar-refractivity contribution in [1.29, 1.82) is 0 Å². The zero-order valence-corrected chi connectivity index (χ0v) is 19.9. The van der Waals surface area contributed by atoms with Crippen LogP contribution in [-0.4, -0.2) is 10.1 Å². The van der Waals surface area contributed by atoms with Crippen molar-refractivity contribution in [3.8, 4) is 11.5 Å². The fraction of sp³-hybridized carbons (Fsp3) is 0.500. The second kappa shape index (κ2) is 13.9. The standard InChI is InChI=1S/C28H37FN3O/c1-2-3-4-5-6-7-8-9-10-15-27-31-28(33-32-27)24-18-16-23(17-19-24)26(30)21-20-22-13-11-12-14-25(22)29/h11-14,16-19,26,30H,2-10,15,20-21H2,1H3. The highest BCUT2D eigenvalue weighted by Crippen LogP contribution is 2.24. The topological polar surface area (TPSA) is 62.7 Å². The van der Waals surface area contributed by atoms with Gasteiger partial charge in [-0.3, -0.25) is 0 Å². The van der Waals surface area contributed by atoms with E-state index >= 15 is 0 Å². The molecule has 1 atom stereocenters. The Kier molecular flexibility index (Phi) is 10.6. The molecule has 177 valence electrons. The van der Waals surface area contributed by atoms with Gasteiger partial charge in [-0.2, -0.15) is 4.98 Å². The van der Waals surface area contributed by atoms with Crippen LogP contribution in [0.5, 0.6) is 0 Å². The summed E-state index contributed by atoms with van der Waals surface area (Å²) in [5.74, 6) is 1.09. The van der Waals surface area contributed by atoms with Crippen LogP contribution in [0.3, 0.4) is 0 Å². The lowest BCUT2D eigenvalue weighted by Gasteiger charge is -2.11. The van der Waals surface area contributed by atoms with Crippen molar-refractivity contribution in [2.45, 2.75) is 90.0 Å². The second-order valence-electron chi connectivity index (χ2n) is 8.90. The molecule has 1 heterocycles. The molecule has 0 saturated heterocycles. The van der Waals surface area contributed by atoms with Gasteiger partial charge in [-0.05, 0) is 48.6 Å². The number of hydrogen-bond donors (Lipinski definition) is 0. The van der Waals surface area contributed by atoms with Crippen LogP contribution in [0.15, 0.2) is 53.1 Å². The summed E-state index contributed by atoms with van der Waals surface area (Å²) in [4.78, 5) is 4.54. The van der Waals surface area contributed by atoms with E-state index in [0.29, 0.717) is 24.3 Å². The lowest BCUT2D eigenvalue weighted by atomic mass is 9.98. The number of unbranched alkanes of at least 4 members (excludes halogenated alkanes) is 8. The molecule has 3 aromatic rings. The van der Waals surface area contributed by atoms with Gasteiger partial charge < -0.3 is 4.52 Å². The Morgan fingerprint density at radius 3 is 2.21 bits per heavy atom. The van der Waals surface area contributed by atoms with Crippen molar-refractivity contribution < 1.29 is 8.91 Å². The molecule has 0 amide bonds. The van der Waals surface area contributed by atoms with Crippen LogP contribution in [-0.2, 0) is 12.8 Å². The SMILES string of the molecule is CCCCCCCCCCCc1noc(-c2ccc(C([NH])CCc3ccccc3F)cc2)n1. The zero-order chi connectivity index (χ0) is 23.3. The predicted molar refractivity (Wildman–Crippen MR) is 131 cm³/mol. The summed E-state index contributed by atoms with van der Waals surface area (Å²) in [7, 11) is 0. The fourth-order valence-electron chi connectivity index (χ4n) is 4.09. The lowest BCUT2D eigenvalue weighted by Crippen LogP contribution is -2.02. The van der Waals surface area contributed by atoms with Crippen molar-refractivity contribution in [1.82, 2.24) is 15.9 Å². The zero-order valence-electron chi connectivity index (χ0n) is 19.9. The average Bonchev–Trinajstić information content (AvgIpc) is 3.31. The molecule has 1 radical (unpaired) electrons. The van der Waals surface area contributed by atoms with Crippen molar-refractivity contribution in [2.75, 3.05) is 0 Å². The van der Waals surface area contributed by atoms with Crippen molar-refractivity contribution >= 4 is 0 Å². The summed E-state index contributed by atoms with van der Waals surface area (Å²) in [5, 5.41) is 4.13. The number of nitrogens with one attached hydrogen (secondary N) is 1. The number of benzene rings is 2. The first kappa shape index (κ1) is 25.1. The first-order valence-corrected chi connectivity index (χ1v) is 12.5. The molecule has 0 saturated carbocycles. The van der Waals surface area contributed by atoms with Crippen molar-refractivity contribution in [3.63, 3.8) is 0 Å². The highest BCUT2D eigenvalue weighted by Gasteiger charge is 2.12. The Morgan fingerprint density at radius 1 is 0.848 bits per heavy atom. The molecule has 0 bridgehead atoms. The van der Waals surface area contributed by atoms with Gasteiger partial charge in [0.05, 0.1) is 0 Å². The van der Waals surface area contributed by atoms with Crippen LogP contribution < -0.4 is 5.73 Å². The van der Waals surface area contributed by atoms with Gasteiger partial charge in [0.15, 0.2) is 5.82 Å². The monoisotopic (exact) mass is 450 g/mol. The predicted octanol–water partition coefficient (Wildman–Crippen LogP) is 7.91. The van der Waals surface area contributed by atoms with Gasteiger partial charge in [0.25, 0.3) is 5.89 Å². The summed E-state index contributed by atoms with van der Waals surface area (Å²) in [6, 6.07) is 14.1. The molecule has 0 aliphatic heterocycles. The normalized spacial score (nSPS) is 12.2. The van der Waals surface area contributed by atoms with Gasteiger partial charge in [-0.25, -0.2) is 10.1 Å². The van der Waals surface area contributed by atoms with Gasteiger partial charge in [0, 0.05) is 18.0 Å². The average molecular weight is 451 g/mol. The summed E-state index contributed by atoms with van der Waals surface area (Å²) < 4.78 is 19.2. The number of nitrogens with zero attached hydrogens (tertiary/aromatic N) is 2. The van der Waals surface area contributed by atoms with E-state index in [1.165, 1.54) is 57.4 Å². The van der Waals surface area contributed by atoms with Gasteiger partial charge in [-0.15, -0.1) is 0 Å². The highest BCUT2D eigenvalue weighted by molar-refractivity contribution is 5.53. The summed E-state index contributed by atoms with van der Waals surface area (Å²) >= 11 is 0. The van der Waals surface area contributed by atoms with Crippen LogP contribution in [0, 0.1) is 5.82 Å². The largest absolute Gasteiger partial charge is 0.334 e. The van der Waals surface area contributed by atoms with E-state index in [-0.39, 0.29) is 5.82 Å².